The minimum absolute atomic E-state index is 0.0577. The van der Waals surface area contributed by atoms with E-state index in [9.17, 15) is 22.8 Å². The van der Waals surface area contributed by atoms with E-state index in [0.29, 0.717) is 19.4 Å². The van der Waals surface area contributed by atoms with Crippen LogP contribution in [-0.2, 0) is 20.5 Å². The summed E-state index contributed by atoms with van der Waals surface area (Å²) in [6.07, 6.45) is -4.46. The van der Waals surface area contributed by atoms with Crippen LogP contribution in [-0.4, -0.2) is 51.5 Å². The Morgan fingerprint density at radius 2 is 1.96 bits per heavy atom. The number of ether oxygens (including phenoxy) is 1. The van der Waals surface area contributed by atoms with Gasteiger partial charge in [-0.25, -0.2) is 4.98 Å². The zero-order chi connectivity index (χ0) is 19.5. The quantitative estimate of drug-likeness (QED) is 0.853. The van der Waals surface area contributed by atoms with Crippen molar-refractivity contribution in [3.05, 3.63) is 11.6 Å². The molecule has 1 aromatic rings. The molecule has 2 heterocycles. The predicted molar refractivity (Wildman–Crippen MR) is 85.0 cm³/mol. The number of morpholine rings is 1. The Labute approximate surface area is 149 Å². The van der Waals surface area contributed by atoms with Crippen LogP contribution in [0.25, 0.3) is 0 Å². The van der Waals surface area contributed by atoms with E-state index in [1.807, 2.05) is 20.8 Å². The van der Waals surface area contributed by atoms with E-state index in [-0.39, 0.29) is 37.1 Å². The van der Waals surface area contributed by atoms with E-state index in [2.05, 4.69) is 15.2 Å². The Bertz CT molecular complexity index is 652. The Morgan fingerprint density at radius 1 is 1.27 bits per heavy atom. The van der Waals surface area contributed by atoms with Crippen molar-refractivity contribution < 1.29 is 27.5 Å². The third-order valence-electron chi connectivity index (χ3n) is 4.11. The highest BCUT2D eigenvalue weighted by atomic mass is 19.4. The minimum Gasteiger partial charge on any atom is -0.367 e. The molecule has 0 spiro atoms. The number of rotatable bonds is 5. The first-order valence-electron chi connectivity index (χ1n) is 8.40. The van der Waals surface area contributed by atoms with Crippen LogP contribution in [0.15, 0.2) is 0 Å². The lowest BCUT2D eigenvalue weighted by atomic mass is 9.88. The first kappa shape index (κ1) is 20.3. The van der Waals surface area contributed by atoms with Crippen molar-refractivity contribution in [1.29, 1.82) is 0 Å². The number of H-pyrrole nitrogens is 1. The lowest BCUT2D eigenvalue weighted by molar-refractivity contribution is -0.145. The smallest absolute Gasteiger partial charge is 0.367 e. The van der Waals surface area contributed by atoms with Gasteiger partial charge in [-0.1, -0.05) is 20.8 Å². The van der Waals surface area contributed by atoms with Gasteiger partial charge in [0.2, 0.25) is 5.91 Å². The van der Waals surface area contributed by atoms with Crippen LogP contribution in [0.1, 0.15) is 57.8 Å². The maximum Gasteiger partial charge on any atom is 0.453 e. The van der Waals surface area contributed by atoms with Crippen molar-refractivity contribution in [2.45, 2.75) is 52.3 Å². The van der Waals surface area contributed by atoms with E-state index in [0.717, 1.165) is 0 Å². The van der Waals surface area contributed by atoms with Crippen LogP contribution in [0.5, 0.6) is 0 Å². The normalized spacial score (nSPS) is 18.8. The van der Waals surface area contributed by atoms with Crippen LogP contribution in [0.3, 0.4) is 0 Å². The van der Waals surface area contributed by atoms with Gasteiger partial charge in [-0.15, -0.1) is 5.10 Å². The molecule has 0 aromatic carbocycles. The fourth-order valence-electron chi connectivity index (χ4n) is 2.52. The van der Waals surface area contributed by atoms with Gasteiger partial charge in [0, 0.05) is 24.8 Å². The SMILES string of the molecule is CC(C)(C)C(=O)CCCC(=O)N1CCOC(c2nc(C(F)(F)F)n[nH]2)C1. The van der Waals surface area contributed by atoms with Crippen LogP contribution in [0, 0.1) is 5.41 Å². The summed E-state index contributed by atoms with van der Waals surface area (Å²) in [5.41, 5.74) is -0.435. The van der Waals surface area contributed by atoms with Gasteiger partial charge in [0.05, 0.1) is 13.2 Å². The molecule has 0 radical (unpaired) electrons. The van der Waals surface area contributed by atoms with Gasteiger partial charge in [0.25, 0.3) is 5.82 Å². The van der Waals surface area contributed by atoms with E-state index in [1.165, 1.54) is 4.90 Å². The Morgan fingerprint density at radius 3 is 2.54 bits per heavy atom. The molecule has 1 amide bonds. The molecule has 2 rings (SSSR count). The molecule has 1 aromatic heterocycles. The Hall–Kier alpha value is -1.97. The number of nitrogens with zero attached hydrogens (tertiary/aromatic N) is 3. The van der Waals surface area contributed by atoms with E-state index < -0.39 is 23.5 Å². The van der Waals surface area contributed by atoms with Crippen molar-refractivity contribution in [3.8, 4) is 0 Å². The number of alkyl halides is 3. The maximum atomic E-state index is 12.6. The maximum absolute atomic E-state index is 12.6. The summed E-state index contributed by atoms with van der Waals surface area (Å²) < 4.78 is 43.2. The summed E-state index contributed by atoms with van der Waals surface area (Å²) in [7, 11) is 0. The first-order valence-corrected chi connectivity index (χ1v) is 8.40. The van der Waals surface area contributed by atoms with Gasteiger partial charge < -0.3 is 9.64 Å². The summed E-state index contributed by atoms with van der Waals surface area (Å²) in [6, 6.07) is 0. The number of halogens is 3. The molecule has 1 fully saturated rings. The molecular weight excluding hydrogens is 353 g/mol. The molecule has 1 aliphatic heterocycles. The molecule has 1 aliphatic rings. The van der Waals surface area contributed by atoms with Crippen molar-refractivity contribution in [2.24, 2.45) is 5.41 Å². The number of aromatic amines is 1. The van der Waals surface area contributed by atoms with Gasteiger partial charge in [0.1, 0.15) is 11.9 Å². The predicted octanol–water partition coefficient (Wildman–Crippen LogP) is 2.51. The third-order valence-corrected chi connectivity index (χ3v) is 4.11. The number of ketones is 1. The Kier molecular flexibility index (Phi) is 6.05. The average Bonchev–Trinajstić information content (AvgIpc) is 3.04. The molecule has 146 valence electrons. The van der Waals surface area contributed by atoms with Gasteiger partial charge in [0.15, 0.2) is 5.82 Å². The number of Topliss-reactive ketones (excluding diaryl/α,β-unsaturated/α-hetero) is 1. The zero-order valence-electron chi connectivity index (χ0n) is 15.0. The third kappa shape index (κ3) is 5.26. The molecule has 7 nitrogen and oxygen atoms in total. The van der Waals surface area contributed by atoms with Crippen molar-refractivity contribution in [3.63, 3.8) is 0 Å². The fourth-order valence-corrected chi connectivity index (χ4v) is 2.52. The summed E-state index contributed by atoms with van der Waals surface area (Å²) in [6.45, 7) is 6.13. The second-order valence-electron chi connectivity index (χ2n) is 7.27. The van der Waals surface area contributed by atoms with Crippen molar-refractivity contribution in [2.75, 3.05) is 19.7 Å². The summed E-state index contributed by atoms with van der Waals surface area (Å²) in [4.78, 5) is 29.1. The molecule has 26 heavy (non-hydrogen) atoms. The van der Waals surface area contributed by atoms with E-state index >= 15 is 0 Å². The summed E-state index contributed by atoms with van der Waals surface area (Å²) >= 11 is 0. The highest BCUT2D eigenvalue weighted by Gasteiger charge is 2.37. The molecular formula is C16H23F3N4O3. The number of hydrogen-bond acceptors (Lipinski definition) is 5. The van der Waals surface area contributed by atoms with Crippen molar-refractivity contribution >= 4 is 11.7 Å². The van der Waals surface area contributed by atoms with Crippen LogP contribution in [0.2, 0.25) is 0 Å². The van der Waals surface area contributed by atoms with Gasteiger partial charge >= 0.3 is 6.18 Å². The fraction of sp³-hybridized carbons (Fsp3) is 0.750. The molecule has 0 aliphatic carbocycles. The number of aromatic nitrogens is 3. The first-order chi connectivity index (χ1) is 12.0. The summed E-state index contributed by atoms with van der Waals surface area (Å²) in [5.74, 6) is -1.39. The topological polar surface area (TPSA) is 88.2 Å². The number of nitrogens with one attached hydrogen (secondary N) is 1. The zero-order valence-corrected chi connectivity index (χ0v) is 15.0. The van der Waals surface area contributed by atoms with E-state index in [4.69, 9.17) is 4.74 Å². The number of carbonyl (C=O) groups excluding carboxylic acids is 2. The molecule has 10 heteroatoms. The second kappa shape index (κ2) is 7.73. The molecule has 1 unspecified atom stereocenters. The highest BCUT2D eigenvalue weighted by Crippen LogP contribution is 2.28. The lowest BCUT2D eigenvalue weighted by Gasteiger charge is -2.32. The molecule has 0 saturated carbocycles. The monoisotopic (exact) mass is 376 g/mol. The number of hydrogen-bond donors (Lipinski definition) is 1. The number of amides is 1. The van der Waals surface area contributed by atoms with Crippen LogP contribution < -0.4 is 0 Å². The molecule has 0 bridgehead atoms. The second-order valence-corrected chi connectivity index (χ2v) is 7.27. The summed E-state index contributed by atoms with van der Waals surface area (Å²) in [5, 5.41) is 5.37. The van der Waals surface area contributed by atoms with Crippen LogP contribution >= 0.6 is 0 Å². The van der Waals surface area contributed by atoms with Crippen LogP contribution in [0.4, 0.5) is 13.2 Å². The lowest BCUT2D eigenvalue weighted by Crippen LogP contribution is -2.42. The van der Waals surface area contributed by atoms with Crippen molar-refractivity contribution in [1.82, 2.24) is 20.1 Å². The largest absolute Gasteiger partial charge is 0.453 e. The molecule has 1 saturated heterocycles. The Balaban J connectivity index is 1.88. The van der Waals surface area contributed by atoms with Gasteiger partial charge in [-0.3, -0.25) is 14.7 Å². The molecule has 1 atom stereocenters. The van der Waals surface area contributed by atoms with Gasteiger partial charge in [-0.2, -0.15) is 13.2 Å². The minimum atomic E-state index is -4.64. The van der Waals surface area contributed by atoms with E-state index in [1.54, 1.807) is 0 Å². The number of carbonyl (C=O) groups is 2. The average molecular weight is 376 g/mol. The standard InChI is InChI=1S/C16H23F3N4O3/c1-15(2,3)11(24)5-4-6-12(25)23-7-8-26-10(9-23)13-20-14(22-21-13)16(17,18)19/h10H,4-9H2,1-3H3,(H,20,21,22). The highest BCUT2D eigenvalue weighted by molar-refractivity contribution is 5.84. The molecule has 1 N–H and O–H groups in total. The van der Waals surface area contributed by atoms with Gasteiger partial charge in [-0.05, 0) is 6.42 Å².